The zero-order valence-electron chi connectivity index (χ0n) is 16.1. The van der Waals surface area contributed by atoms with E-state index >= 15 is 0 Å². The van der Waals surface area contributed by atoms with E-state index in [0.29, 0.717) is 37.9 Å². The Bertz CT molecular complexity index is 998. The number of carbonyl (C=O) groups excluding carboxylic acids is 1. The fourth-order valence-corrected chi connectivity index (χ4v) is 3.99. The molecule has 0 aliphatic carbocycles. The Balaban J connectivity index is 1.31. The third kappa shape index (κ3) is 3.41. The van der Waals surface area contributed by atoms with Crippen molar-refractivity contribution in [3.05, 3.63) is 60.2 Å². The van der Waals surface area contributed by atoms with Gasteiger partial charge < -0.3 is 19.1 Å². The monoisotopic (exact) mass is 390 g/mol. The molecule has 0 saturated carbocycles. The standard InChI is InChI=1S/C21H22N6O2/c28-20(18-8-4-14-29-18)25-10-12-26(13-11-25)21-23-19(15-22-24-21)27-9-3-6-16-5-1-2-7-17(16)27/h1-2,4-5,7-8,14-15H,3,6,9-13H2. The van der Waals surface area contributed by atoms with Gasteiger partial charge in [-0.05, 0) is 36.6 Å². The lowest BCUT2D eigenvalue weighted by atomic mass is 10.0. The molecule has 148 valence electrons. The van der Waals surface area contributed by atoms with E-state index in [0.717, 1.165) is 25.2 Å². The molecular weight excluding hydrogens is 368 g/mol. The van der Waals surface area contributed by atoms with Crippen LogP contribution in [0.2, 0.25) is 0 Å². The van der Waals surface area contributed by atoms with Crippen LogP contribution in [0.5, 0.6) is 0 Å². The fraction of sp³-hybridized carbons (Fsp3) is 0.333. The minimum atomic E-state index is -0.0765. The lowest BCUT2D eigenvalue weighted by Crippen LogP contribution is -2.49. The molecule has 2 aromatic heterocycles. The number of benzene rings is 1. The zero-order chi connectivity index (χ0) is 19.6. The van der Waals surface area contributed by atoms with Crippen LogP contribution in [-0.4, -0.2) is 58.7 Å². The highest BCUT2D eigenvalue weighted by molar-refractivity contribution is 5.91. The molecule has 2 aliphatic heterocycles. The number of amides is 1. The topological polar surface area (TPSA) is 78.6 Å². The summed E-state index contributed by atoms with van der Waals surface area (Å²) < 4.78 is 5.23. The number of aryl methyl sites for hydroxylation is 1. The summed E-state index contributed by atoms with van der Waals surface area (Å²) in [6.07, 6.45) is 5.42. The normalized spacial score (nSPS) is 16.6. The fourth-order valence-electron chi connectivity index (χ4n) is 3.99. The number of para-hydroxylation sites is 1. The van der Waals surface area contributed by atoms with Crippen LogP contribution in [0.1, 0.15) is 22.5 Å². The summed E-state index contributed by atoms with van der Waals surface area (Å²) in [6.45, 7) is 3.43. The second kappa shape index (κ2) is 7.54. The molecule has 29 heavy (non-hydrogen) atoms. The van der Waals surface area contributed by atoms with Crippen molar-refractivity contribution < 1.29 is 9.21 Å². The number of aromatic nitrogens is 3. The molecule has 0 unspecified atom stereocenters. The summed E-state index contributed by atoms with van der Waals surface area (Å²) in [5.41, 5.74) is 2.53. The summed E-state index contributed by atoms with van der Waals surface area (Å²) in [4.78, 5) is 23.3. The molecule has 2 aliphatic rings. The van der Waals surface area contributed by atoms with Gasteiger partial charge in [-0.15, -0.1) is 5.10 Å². The number of anilines is 3. The van der Waals surface area contributed by atoms with Crippen LogP contribution < -0.4 is 9.80 Å². The number of nitrogens with zero attached hydrogens (tertiary/aromatic N) is 6. The quantitative estimate of drug-likeness (QED) is 0.680. The Morgan fingerprint density at radius 2 is 1.86 bits per heavy atom. The molecule has 8 nitrogen and oxygen atoms in total. The van der Waals surface area contributed by atoms with E-state index in [-0.39, 0.29) is 5.91 Å². The minimum absolute atomic E-state index is 0.0765. The van der Waals surface area contributed by atoms with E-state index in [9.17, 15) is 4.79 Å². The van der Waals surface area contributed by atoms with Crippen molar-refractivity contribution in [3.63, 3.8) is 0 Å². The van der Waals surface area contributed by atoms with E-state index < -0.39 is 0 Å². The molecule has 1 saturated heterocycles. The molecule has 1 aromatic carbocycles. The summed E-state index contributed by atoms with van der Waals surface area (Å²) in [7, 11) is 0. The van der Waals surface area contributed by atoms with Gasteiger partial charge in [-0.1, -0.05) is 18.2 Å². The first-order chi connectivity index (χ1) is 14.3. The lowest BCUT2D eigenvalue weighted by Gasteiger charge is -2.35. The second-order valence-electron chi connectivity index (χ2n) is 7.26. The maximum absolute atomic E-state index is 12.4. The van der Waals surface area contributed by atoms with Crippen molar-refractivity contribution in [1.29, 1.82) is 0 Å². The van der Waals surface area contributed by atoms with Crippen LogP contribution in [0.3, 0.4) is 0 Å². The Labute approximate surface area is 168 Å². The highest BCUT2D eigenvalue weighted by atomic mass is 16.3. The molecule has 0 bridgehead atoms. The van der Waals surface area contributed by atoms with Gasteiger partial charge in [-0.25, -0.2) is 0 Å². The Morgan fingerprint density at radius 3 is 2.69 bits per heavy atom. The first kappa shape index (κ1) is 17.7. The van der Waals surface area contributed by atoms with Gasteiger partial charge in [0.25, 0.3) is 5.91 Å². The first-order valence-corrected chi connectivity index (χ1v) is 9.92. The number of rotatable bonds is 3. The van der Waals surface area contributed by atoms with Crippen molar-refractivity contribution >= 4 is 23.4 Å². The Hall–Kier alpha value is -3.42. The van der Waals surface area contributed by atoms with Crippen molar-refractivity contribution in [3.8, 4) is 0 Å². The van der Waals surface area contributed by atoms with Gasteiger partial charge in [0.05, 0.1) is 12.5 Å². The van der Waals surface area contributed by atoms with Gasteiger partial charge in [0, 0.05) is 38.4 Å². The number of hydrogen-bond acceptors (Lipinski definition) is 7. The maximum Gasteiger partial charge on any atom is 0.289 e. The highest BCUT2D eigenvalue weighted by Crippen LogP contribution is 2.32. The van der Waals surface area contributed by atoms with E-state index in [1.165, 1.54) is 17.5 Å². The van der Waals surface area contributed by atoms with Gasteiger partial charge in [0.2, 0.25) is 5.95 Å². The average Bonchev–Trinajstić information content (AvgIpc) is 3.33. The van der Waals surface area contributed by atoms with Gasteiger partial charge in [-0.2, -0.15) is 10.1 Å². The SMILES string of the molecule is O=C(c1ccco1)N1CCN(c2nncc(N3CCCc4ccccc43)n2)CC1. The van der Waals surface area contributed by atoms with E-state index in [1.807, 2.05) is 0 Å². The molecule has 0 radical (unpaired) electrons. The summed E-state index contributed by atoms with van der Waals surface area (Å²) in [5, 5.41) is 8.46. The van der Waals surface area contributed by atoms with Gasteiger partial charge >= 0.3 is 0 Å². The van der Waals surface area contributed by atoms with E-state index in [1.54, 1.807) is 23.2 Å². The number of carbonyl (C=O) groups is 1. The Kier molecular flexibility index (Phi) is 4.59. The smallest absolute Gasteiger partial charge is 0.289 e. The van der Waals surface area contributed by atoms with Crippen LogP contribution in [0.15, 0.2) is 53.3 Å². The molecule has 3 aromatic rings. The summed E-state index contributed by atoms with van der Waals surface area (Å²) in [6, 6.07) is 11.9. The first-order valence-electron chi connectivity index (χ1n) is 9.92. The third-order valence-corrected chi connectivity index (χ3v) is 5.50. The number of furan rings is 1. The Morgan fingerprint density at radius 1 is 1.00 bits per heavy atom. The van der Waals surface area contributed by atoms with Crippen LogP contribution in [0.25, 0.3) is 0 Å². The molecule has 8 heteroatoms. The molecule has 4 heterocycles. The summed E-state index contributed by atoms with van der Waals surface area (Å²) >= 11 is 0. The van der Waals surface area contributed by atoms with E-state index in [4.69, 9.17) is 9.40 Å². The van der Waals surface area contributed by atoms with Gasteiger partial charge in [0.1, 0.15) is 0 Å². The predicted octanol–water partition coefficient (Wildman–Crippen LogP) is 2.51. The average molecular weight is 390 g/mol. The van der Waals surface area contributed by atoms with Crippen molar-refractivity contribution in [2.24, 2.45) is 0 Å². The van der Waals surface area contributed by atoms with Crippen LogP contribution in [-0.2, 0) is 6.42 Å². The molecule has 0 spiro atoms. The highest BCUT2D eigenvalue weighted by Gasteiger charge is 2.26. The van der Waals surface area contributed by atoms with Crippen molar-refractivity contribution in [1.82, 2.24) is 20.1 Å². The van der Waals surface area contributed by atoms with Crippen molar-refractivity contribution in [2.75, 3.05) is 42.5 Å². The van der Waals surface area contributed by atoms with Gasteiger partial charge in [0.15, 0.2) is 11.6 Å². The van der Waals surface area contributed by atoms with Gasteiger partial charge in [-0.3, -0.25) is 4.79 Å². The number of fused-ring (bicyclic) bond motifs is 1. The molecule has 1 fully saturated rings. The summed E-state index contributed by atoms with van der Waals surface area (Å²) in [5.74, 6) is 1.72. The molecule has 5 rings (SSSR count). The van der Waals surface area contributed by atoms with Crippen LogP contribution >= 0.6 is 0 Å². The number of piperazine rings is 1. The van der Waals surface area contributed by atoms with Crippen molar-refractivity contribution in [2.45, 2.75) is 12.8 Å². The number of hydrogen-bond donors (Lipinski definition) is 0. The molecule has 1 amide bonds. The van der Waals surface area contributed by atoms with Crippen LogP contribution in [0, 0.1) is 0 Å². The zero-order valence-corrected chi connectivity index (χ0v) is 16.1. The third-order valence-electron chi connectivity index (χ3n) is 5.50. The largest absolute Gasteiger partial charge is 0.459 e. The lowest BCUT2D eigenvalue weighted by molar-refractivity contribution is 0.0714. The molecular formula is C21H22N6O2. The van der Waals surface area contributed by atoms with E-state index in [2.05, 4.69) is 44.3 Å². The maximum atomic E-state index is 12.4. The van der Waals surface area contributed by atoms with Crippen LogP contribution in [0.4, 0.5) is 17.5 Å². The molecule has 0 N–H and O–H groups in total. The minimum Gasteiger partial charge on any atom is -0.459 e. The predicted molar refractivity (Wildman–Crippen MR) is 108 cm³/mol. The molecule has 0 atom stereocenters. The second-order valence-corrected chi connectivity index (χ2v) is 7.26.